The second-order valence-corrected chi connectivity index (χ2v) is 4.99. The minimum absolute atomic E-state index is 0.0492. The second-order valence-electron chi connectivity index (χ2n) is 4.99. The third-order valence-corrected chi connectivity index (χ3v) is 3.47. The van der Waals surface area contributed by atoms with E-state index in [0.29, 0.717) is 5.69 Å². The van der Waals surface area contributed by atoms with Crippen molar-refractivity contribution in [3.63, 3.8) is 0 Å². The molecule has 0 saturated heterocycles. The molecule has 0 N–H and O–H groups in total. The van der Waals surface area contributed by atoms with Crippen LogP contribution in [0.1, 0.15) is 37.7 Å². The van der Waals surface area contributed by atoms with Crippen molar-refractivity contribution in [2.45, 2.75) is 20.8 Å². The molecule has 0 aliphatic carbocycles. The quantitative estimate of drug-likeness (QED) is 0.814. The smallest absolute Gasteiger partial charge is 0.359 e. The van der Waals surface area contributed by atoms with Gasteiger partial charge in [-0.1, -0.05) is 17.7 Å². The molecular weight excluding hydrogens is 284 g/mol. The number of carbonyl (C=O) groups excluding carboxylic acids is 2. The Morgan fingerprint density at radius 3 is 2.23 bits per heavy atom. The fraction of sp³-hybridized carbons (Fsp3) is 0.312. The highest BCUT2D eigenvalue weighted by molar-refractivity contribution is 6.02. The van der Waals surface area contributed by atoms with E-state index in [9.17, 15) is 9.59 Å². The molecule has 0 fully saturated rings. The molecule has 0 atom stereocenters. The van der Waals surface area contributed by atoms with Crippen molar-refractivity contribution in [2.75, 3.05) is 14.2 Å². The zero-order valence-corrected chi connectivity index (χ0v) is 13.3. The fourth-order valence-corrected chi connectivity index (χ4v) is 2.37. The highest BCUT2D eigenvalue weighted by Crippen LogP contribution is 2.22. The lowest BCUT2D eigenvalue weighted by Gasteiger charge is -2.09. The van der Waals surface area contributed by atoms with Gasteiger partial charge >= 0.3 is 11.9 Å². The average Bonchev–Trinajstić information content (AvgIpc) is 2.83. The molecule has 1 aromatic carbocycles. The molecule has 1 heterocycles. The SMILES string of the molecule is COC(=O)c1nn(-c2ccc(C)cc2C)c(C)c1C(=O)OC. The summed E-state index contributed by atoms with van der Waals surface area (Å²) in [6.07, 6.45) is 0. The van der Waals surface area contributed by atoms with E-state index in [-0.39, 0.29) is 11.3 Å². The Kier molecular flexibility index (Phi) is 4.30. The number of hydrogen-bond acceptors (Lipinski definition) is 5. The van der Waals surface area contributed by atoms with Gasteiger partial charge in [0.2, 0.25) is 0 Å². The molecule has 0 saturated carbocycles. The number of ether oxygens (including phenoxy) is 2. The van der Waals surface area contributed by atoms with Crippen LogP contribution in [0.2, 0.25) is 0 Å². The van der Waals surface area contributed by atoms with E-state index in [0.717, 1.165) is 16.8 Å². The van der Waals surface area contributed by atoms with E-state index in [1.54, 1.807) is 11.6 Å². The van der Waals surface area contributed by atoms with Crippen molar-refractivity contribution in [1.29, 1.82) is 0 Å². The van der Waals surface area contributed by atoms with Crippen LogP contribution in [0.5, 0.6) is 0 Å². The van der Waals surface area contributed by atoms with Crippen LogP contribution in [0.3, 0.4) is 0 Å². The van der Waals surface area contributed by atoms with Gasteiger partial charge in [-0.15, -0.1) is 0 Å². The van der Waals surface area contributed by atoms with Crippen LogP contribution >= 0.6 is 0 Å². The number of carbonyl (C=O) groups is 2. The molecule has 0 radical (unpaired) electrons. The van der Waals surface area contributed by atoms with Crippen LogP contribution < -0.4 is 0 Å². The van der Waals surface area contributed by atoms with Gasteiger partial charge in [-0.2, -0.15) is 5.10 Å². The summed E-state index contributed by atoms with van der Waals surface area (Å²) in [5.41, 5.74) is 3.50. The highest BCUT2D eigenvalue weighted by atomic mass is 16.5. The molecular formula is C16H18N2O4. The van der Waals surface area contributed by atoms with Gasteiger partial charge in [0, 0.05) is 0 Å². The van der Waals surface area contributed by atoms with Gasteiger partial charge in [-0.25, -0.2) is 14.3 Å². The summed E-state index contributed by atoms with van der Waals surface area (Å²) in [5.74, 6) is -1.29. The third kappa shape index (κ3) is 2.59. The molecule has 116 valence electrons. The number of esters is 2. The molecule has 6 heteroatoms. The zero-order chi connectivity index (χ0) is 16.4. The minimum Gasteiger partial charge on any atom is -0.465 e. The van der Waals surface area contributed by atoms with E-state index in [1.807, 2.05) is 32.0 Å². The molecule has 0 unspecified atom stereocenters. The van der Waals surface area contributed by atoms with Crippen molar-refractivity contribution < 1.29 is 19.1 Å². The number of aromatic nitrogens is 2. The predicted octanol–water partition coefficient (Wildman–Crippen LogP) is 2.37. The van der Waals surface area contributed by atoms with Crippen LogP contribution in [-0.4, -0.2) is 35.9 Å². The topological polar surface area (TPSA) is 70.4 Å². The summed E-state index contributed by atoms with van der Waals surface area (Å²) in [7, 11) is 2.51. The lowest BCUT2D eigenvalue weighted by molar-refractivity contribution is 0.0551. The van der Waals surface area contributed by atoms with Crippen LogP contribution in [0, 0.1) is 20.8 Å². The van der Waals surface area contributed by atoms with Crippen molar-refractivity contribution in [3.05, 3.63) is 46.3 Å². The number of hydrogen-bond donors (Lipinski definition) is 0. The highest BCUT2D eigenvalue weighted by Gasteiger charge is 2.28. The summed E-state index contributed by atoms with van der Waals surface area (Å²) < 4.78 is 11.0. The Labute approximate surface area is 128 Å². The largest absolute Gasteiger partial charge is 0.465 e. The maximum absolute atomic E-state index is 12.0. The van der Waals surface area contributed by atoms with Gasteiger partial charge in [-0.3, -0.25) is 0 Å². The Morgan fingerprint density at radius 2 is 1.68 bits per heavy atom. The summed E-state index contributed by atoms with van der Waals surface area (Å²) in [4.78, 5) is 23.9. The summed E-state index contributed by atoms with van der Waals surface area (Å²) >= 11 is 0. The number of methoxy groups -OCH3 is 2. The Morgan fingerprint density at radius 1 is 1.05 bits per heavy atom. The summed E-state index contributed by atoms with van der Waals surface area (Å²) in [6.45, 7) is 5.65. The fourth-order valence-electron chi connectivity index (χ4n) is 2.37. The third-order valence-electron chi connectivity index (χ3n) is 3.47. The zero-order valence-electron chi connectivity index (χ0n) is 13.3. The van der Waals surface area contributed by atoms with Crippen molar-refractivity contribution in [2.24, 2.45) is 0 Å². The van der Waals surface area contributed by atoms with E-state index < -0.39 is 11.9 Å². The lowest BCUT2D eigenvalue weighted by Crippen LogP contribution is -2.11. The van der Waals surface area contributed by atoms with E-state index in [4.69, 9.17) is 9.47 Å². The Balaban J connectivity index is 2.70. The molecule has 0 amide bonds. The standard InChI is InChI=1S/C16H18N2O4/c1-9-6-7-12(10(2)8-9)18-11(3)13(15(19)21-4)14(17-18)16(20)22-5/h6-8H,1-5H3. The molecule has 22 heavy (non-hydrogen) atoms. The molecule has 0 spiro atoms. The van der Waals surface area contributed by atoms with Crippen LogP contribution in [-0.2, 0) is 9.47 Å². The average molecular weight is 302 g/mol. The maximum atomic E-state index is 12.0. The molecule has 0 aliphatic rings. The molecule has 2 aromatic rings. The van der Waals surface area contributed by atoms with Crippen LogP contribution in [0.4, 0.5) is 0 Å². The van der Waals surface area contributed by atoms with Gasteiger partial charge in [-0.05, 0) is 32.4 Å². The monoisotopic (exact) mass is 302 g/mol. The van der Waals surface area contributed by atoms with Gasteiger partial charge in [0.1, 0.15) is 5.56 Å². The first-order valence-corrected chi connectivity index (χ1v) is 6.74. The van der Waals surface area contributed by atoms with Gasteiger partial charge in [0.05, 0.1) is 25.6 Å². The van der Waals surface area contributed by atoms with Crippen LogP contribution in [0.25, 0.3) is 5.69 Å². The summed E-state index contributed by atoms with van der Waals surface area (Å²) in [5, 5.41) is 4.25. The summed E-state index contributed by atoms with van der Waals surface area (Å²) in [6, 6.07) is 5.85. The number of rotatable bonds is 3. The molecule has 2 rings (SSSR count). The minimum atomic E-state index is -0.674. The molecule has 6 nitrogen and oxygen atoms in total. The lowest BCUT2D eigenvalue weighted by atomic mass is 10.1. The molecule has 0 aliphatic heterocycles. The van der Waals surface area contributed by atoms with Crippen molar-refractivity contribution in [1.82, 2.24) is 9.78 Å². The first-order valence-electron chi connectivity index (χ1n) is 6.74. The van der Waals surface area contributed by atoms with E-state index in [2.05, 4.69) is 5.10 Å². The van der Waals surface area contributed by atoms with E-state index in [1.165, 1.54) is 14.2 Å². The predicted molar refractivity (Wildman–Crippen MR) is 80.5 cm³/mol. The van der Waals surface area contributed by atoms with Gasteiger partial charge in [0.25, 0.3) is 0 Å². The molecule has 0 bridgehead atoms. The Hall–Kier alpha value is -2.63. The van der Waals surface area contributed by atoms with Crippen molar-refractivity contribution in [3.8, 4) is 5.69 Å². The van der Waals surface area contributed by atoms with E-state index >= 15 is 0 Å². The maximum Gasteiger partial charge on any atom is 0.359 e. The number of aryl methyl sites for hydroxylation is 2. The second kappa shape index (κ2) is 6.01. The van der Waals surface area contributed by atoms with Gasteiger partial charge < -0.3 is 9.47 Å². The number of nitrogens with zero attached hydrogens (tertiary/aromatic N) is 2. The Bertz CT molecular complexity index is 747. The normalized spacial score (nSPS) is 10.4. The number of benzene rings is 1. The first-order chi connectivity index (χ1) is 10.4. The molecule has 1 aromatic heterocycles. The van der Waals surface area contributed by atoms with Gasteiger partial charge in [0.15, 0.2) is 5.69 Å². The van der Waals surface area contributed by atoms with Crippen molar-refractivity contribution >= 4 is 11.9 Å². The first kappa shape index (κ1) is 15.8. The van der Waals surface area contributed by atoms with Crippen LogP contribution in [0.15, 0.2) is 18.2 Å².